The number of hydrogen-bond donors (Lipinski definition) is 1. The quantitative estimate of drug-likeness (QED) is 0.645. The Hall–Kier alpha value is -1.62. The van der Waals surface area contributed by atoms with Crippen LogP contribution in [0.2, 0.25) is 0 Å². The molecule has 1 aromatic carbocycles. The highest BCUT2D eigenvalue weighted by Gasteiger charge is 2.25. The molecule has 0 aliphatic heterocycles. The van der Waals surface area contributed by atoms with Crippen molar-refractivity contribution in [2.75, 3.05) is 13.7 Å². The van der Waals surface area contributed by atoms with Gasteiger partial charge in [0.05, 0.1) is 12.0 Å². The molecule has 1 N–H and O–H groups in total. The van der Waals surface area contributed by atoms with Gasteiger partial charge in [-0.1, -0.05) is 25.8 Å². The van der Waals surface area contributed by atoms with Crippen molar-refractivity contribution in [2.45, 2.75) is 45.1 Å². The Labute approximate surface area is 125 Å². The number of ether oxygens (including phenoxy) is 1. The fraction of sp³-hybridized carbons (Fsp3) is 0.625. The van der Waals surface area contributed by atoms with Crippen LogP contribution in [0.5, 0.6) is 5.75 Å². The van der Waals surface area contributed by atoms with E-state index in [2.05, 4.69) is 12.2 Å². The van der Waals surface area contributed by atoms with E-state index in [1.807, 2.05) is 6.07 Å². The van der Waals surface area contributed by atoms with Crippen LogP contribution in [0.25, 0.3) is 0 Å². The Balaban J connectivity index is 2.14. The van der Waals surface area contributed by atoms with Crippen LogP contribution in [-0.2, 0) is 6.42 Å². The van der Waals surface area contributed by atoms with E-state index in [1.165, 1.54) is 32.8 Å². The second kappa shape index (κ2) is 7.41. The molecule has 0 saturated heterocycles. The third kappa shape index (κ3) is 3.94. The van der Waals surface area contributed by atoms with Gasteiger partial charge in [0.15, 0.2) is 5.75 Å². The van der Waals surface area contributed by atoms with Crippen LogP contribution in [-0.4, -0.2) is 24.6 Å². The Bertz CT molecular complexity index is 488. The van der Waals surface area contributed by atoms with Crippen molar-refractivity contribution in [3.8, 4) is 5.75 Å². The average molecular weight is 292 g/mol. The van der Waals surface area contributed by atoms with Crippen LogP contribution in [0.15, 0.2) is 18.2 Å². The molecule has 2 rings (SSSR count). The molecule has 1 fully saturated rings. The zero-order valence-electron chi connectivity index (χ0n) is 12.8. The number of nitrogens with zero attached hydrogens (tertiary/aromatic N) is 1. The van der Waals surface area contributed by atoms with E-state index in [4.69, 9.17) is 4.74 Å². The molecule has 116 valence electrons. The third-order valence-electron chi connectivity index (χ3n) is 4.31. The first kappa shape index (κ1) is 15.8. The number of benzene rings is 1. The van der Waals surface area contributed by atoms with Gasteiger partial charge in [0.2, 0.25) is 0 Å². The van der Waals surface area contributed by atoms with Crippen molar-refractivity contribution in [2.24, 2.45) is 5.92 Å². The van der Waals surface area contributed by atoms with Crippen molar-refractivity contribution < 1.29 is 9.66 Å². The van der Waals surface area contributed by atoms with Crippen LogP contribution < -0.4 is 10.1 Å². The average Bonchev–Trinajstić information content (AvgIpc) is 2.49. The molecule has 0 amide bonds. The Kier molecular flexibility index (Phi) is 5.56. The minimum absolute atomic E-state index is 0.0609. The smallest absolute Gasteiger partial charge is 0.311 e. The third-order valence-corrected chi connectivity index (χ3v) is 4.31. The highest BCUT2D eigenvalue weighted by Crippen LogP contribution is 2.32. The predicted molar refractivity (Wildman–Crippen MR) is 82.8 cm³/mol. The SMILES string of the molecule is CCNC1CCCCC1Cc1ccc(OC)c([N+](=O)[O-])c1. The number of hydrogen-bond acceptors (Lipinski definition) is 4. The lowest BCUT2D eigenvalue weighted by molar-refractivity contribution is -0.385. The summed E-state index contributed by atoms with van der Waals surface area (Å²) in [5, 5.41) is 14.7. The van der Waals surface area contributed by atoms with Gasteiger partial charge in [-0.2, -0.15) is 0 Å². The molecule has 2 unspecified atom stereocenters. The van der Waals surface area contributed by atoms with Gasteiger partial charge in [-0.15, -0.1) is 0 Å². The van der Waals surface area contributed by atoms with E-state index < -0.39 is 0 Å². The number of nitro groups is 1. The molecule has 1 aliphatic rings. The lowest BCUT2D eigenvalue weighted by Crippen LogP contribution is -2.39. The van der Waals surface area contributed by atoms with E-state index in [0.29, 0.717) is 17.7 Å². The highest BCUT2D eigenvalue weighted by molar-refractivity contribution is 5.48. The molecule has 0 radical (unpaired) electrons. The van der Waals surface area contributed by atoms with Gasteiger partial charge in [0.1, 0.15) is 0 Å². The molecule has 5 nitrogen and oxygen atoms in total. The Morgan fingerprint density at radius 1 is 1.38 bits per heavy atom. The topological polar surface area (TPSA) is 64.4 Å². The normalized spacial score (nSPS) is 22.0. The zero-order chi connectivity index (χ0) is 15.2. The van der Waals surface area contributed by atoms with E-state index in [1.54, 1.807) is 12.1 Å². The van der Waals surface area contributed by atoms with E-state index >= 15 is 0 Å². The van der Waals surface area contributed by atoms with Gasteiger partial charge in [0, 0.05) is 12.1 Å². The predicted octanol–water partition coefficient (Wildman–Crippen LogP) is 3.31. The summed E-state index contributed by atoms with van der Waals surface area (Å²) in [4.78, 5) is 10.7. The largest absolute Gasteiger partial charge is 0.490 e. The monoisotopic (exact) mass is 292 g/mol. The molecule has 0 spiro atoms. The molecule has 1 saturated carbocycles. The van der Waals surface area contributed by atoms with E-state index in [-0.39, 0.29) is 10.6 Å². The van der Waals surface area contributed by atoms with Gasteiger partial charge >= 0.3 is 5.69 Å². The summed E-state index contributed by atoms with van der Waals surface area (Å²) in [5.41, 5.74) is 1.09. The van der Waals surface area contributed by atoms with Gasteiger partial charge in [-0.25, -0.2) is 0 Å². The number of methoxy groups -OCH3 is 1. The van der Waals surface area contributed by atoms with Gasteiger partial charge in [-0.3, -0.25) is 10.1 Å². The Morgan fingerprint density at radius 2 is 2.14 bits per heavy atom. The standard InChI is InChI=1S/C16H24N2O3/c1-3-17-14-7-5-4-6-13(14)10-12-8-9-16(21-2)15(11-12)18(19)20/h8-9,11,13-14,17H,3-7,10H2,1-2H3. The van der Waals surface area contributed by atoms with Crippen LogP contribution in [0, 0.1) is 16.0 Å². The summed E-state index contributed by atoms with van der Waals surface area (Å²) in [5.74, 6) is 0.891. The van der Waals surface area contributed by atoms with Crippen molar-refractivity contribution in [1.82, 2.24) is 5.32 Å². The summed E-state index contributed by atoms with van der Waals surface area (Å²) in [7, 11) is 1.46. The lowest BCUT2D eigenvalue weighted by atomic mass is 9.80. The van der Waals surface area contributed by atoms with Crippen molar-refractivity contribution >= 4 is 5.69 Å². The first-order chi connectivity index (χ1) is 10.2. The molecule has 0 heterocycles. The maximum Gasteiger partial charge on any atom is 0.311 e. The molecule has 1 aromatic rings. The summed E-state index contributed by atoms with van der Waals surface area (Å²) in [6.07, 6.45) is 5.82. The molecule has 1 aliphatic carbocycles. The molecule has 0 aromatic heterocycles. The van der Waals surface area contributed by atoms with E-state index in [9.17, 15) is 10.1 Å². The minimum atomic E-state index is -0.370. The Morgan fingerprint density at radius 3 is 2.81 bits per heavy atom. The maximum absolute atomic E-state index is 11.1. The van der Waals surface area contributed by atoms with E-state index in [0.717, 1.165) is 18.5 Å². The minimum Gasteiger partial charge on any atom is -0.490 e. The molecule has 5 heteroatoms. The summed E-state index contributed by atoms with van der Waals surface area (Å²) in [6.45, 7) is 3.10. The highest BCUT2D eigenvalue weighted by atomic mass is 16.6. The fourth-order valence-electron chi connectivity index (χ4n) is 3.29. The first-order valence-electron chi connectivity index (χ1n) is 7.70. The van der Waals surface area contributed by atoms with Crippen LogP contribution >= 0.6 is 0 Å². The second-order valence-corrected chi connectivity index (χ2v) is 5.68. The number of nitrogens with one attached hydrogen (secondary N) is 1. The van der Waals surface area contributed by atoms with Crippen LogP contribution in [0.1, 0.15) is 38.2 Å². The lowest BCUT2D eigenvalue weighted by Gasteiger charge is -2.32. The number of rotatable bonds is 6. The molecule has 2 atom stereocenters. The maximum atomic E-state index is 11.1. The zero-order valence-corrected chi connectivity index (χ0v) is 12.8. The first-order valence-corrected chi connectivity index (χ1v) is 7.70. The number of nitro benzene ring substituents is 1. The van der Waals surface area contributed by atoms with Crippen LogP contribution in [0.3, 0.4) is 0 Å². The summed E-state index contributed by atoms with van der Waals surface area (Å²) >= 11 is 0. The van der Waals surface area contributed by atoms with Gasteiger partial charge < -0.3 is 10.1 Å². The molecule has 21 heavy (non-hydrogen) atoms. The van der Waals surface area contributed by atoms with Crippen molar-refractivity contribution in [3.05, 3.63) is 33.9 Å². The second-order valence-electron chi connectivity index (χ2n) is 5.68. The van der Waals surface area contributed by atoms with Crippen molar-refractivity contribution in [3.63, 3.8) is 0 Å². The van der Waals surface area contributed by atoms with Gasteiger partial charge in [0.25, 0.3) is 0 Å². The fourth-order valence-corrected chi connectivity index (χ4v) is 3.29. The molecule has 0 bridgehead atoms. The van der Waals surface area contributed by atoms with Crippen LogP contribution in [0.4, 0.5) is 5.69 Å². The molecular weight excluding hydrogens is 268 g/mol. The van der Waals surface area contributed by atoms with Crippen molar-refractivity contribution in [1.29, 1.82) is 0 Å². The summed E-state index contributed by atoms with van der Waals surface area (Å²) < 4.78 is 5.06. The molecular formula is C16H24N2O3. The summed E-state index contributed by atoms with van der Waals surface area (Å²) in [6, 6.07) is 5.85. The van der Waals surface area contributed by atoms with Gasteiger partial charge in [-0.05, 0) is 43.4 Å².